The minimum atomic E-state index is -0.187. The standard InChI is InChI=1S/C15H26O2/c1-3-4-5-6-7-8-9-10-11-12-13-14-17-15(2)16/h3,10-11H,1,4-9,12-14H2,2H3/b11-10+. The molecule has 17 heavy (non-hydrogen) atoms. The van der Waals surface area contributed by atoms with Crippen LogP contribution in [0.4, 0.5) is 0 Å². The predicted octanol–water partition coefficient (Wildman–Crippen LogP) is 4.41. The van der Waals surface area contributed by atoms with Crippen LogP contribution < -0.4 is 0 Å². The summed E-state index contributed by atoms with van der Waals surface area (Å²) in [7, 11) is 0. The molecule has 0 N–H and O–H groups in total. The van der Waals surface area contributed by atoms with E-state index in [1.54, 1.807) is 0 Å². The Morgan fingerprint density at radius 1 is 1.00 bits per heavy atom. The van der Waals surface area contributed by atoms with Crippen LogP contribution in [0.3, 0.4) is 0 Å². The monoisotopic (exact) mass is 238 g/mol. The largest absolute Gasteiger partial charge is 0.466 e. The number of unbranched alkanes of at least 4 members (excludes halogenated alkanes) is 6. The molecule has 0 radical (unpaired) electrons. The molecule has 0 aromatic heterocycles. The average molecular weight is 238 g/mol. The summed E-state index contributed by atoms with van der Waals surface area (Å²) in [6, 6.07) is 0. The normalized spacial score (nSPS) is 10.6. The van der Waals surface area contributed by atoms with Crippen molar-refractivity contribution < 1.29 is 9.53 Å². The highest BCUT2D eigenvalue weighted by Gasteiger charge is 1.90. The van der Waals surface area contributed by atoms with Gasteiger partial charge in [0.15, 0.2) is 0 Å². The molecule has 0 aromatic rings. The summed E-state index contributed by atoms with van der Waals surface area (Å²) in [4.78, 5) is 10.5. The third kappa shape index (κ3) is 14.9. The molecule has 0 bridgehead atoms. The van der Waals surface area contributed by atoms with Crippen LogP contribution in [0.25, 0.3) is 0 Å². The van der Waals surface area contributed by atoms with Crippen molar-refractivity contribution >= 4 is 5.97 Å². The van der Waals surface area contributed by atoms with E-state index in [1.165, 1.54) is 39.0 Å². The highest BCUT2D eigenvalue weighted by molar-refractivity contribution is 5.65. The maximum atomic E-state index is 10.5. The molecule has 0 aliphatic rings. The number of allylic oxidation sites excluding steroid dienone is 3. The van der Waals surface area contributed by atoms with E-state index < -0.39 is 0 Å². The SMILES string of the molecule is C=CCCCCCC/C=C/CCCOC(C)=O. The van der Waals surface area contributed by atoms with Gasteiger partial charge in [-0.05, 0) is 38.5 Å². The molecule has 0 spiro atoms. The Labute approximate surface area is 106 Å². The highest BCUT2D eigenvalue weighted by atomic mass is 16.5. The van der Waals surface area contributed by atoms with Crippen LogP contribution in [-0.4, -0.2) is 12.6 Å². The lowest BCUT2D eigenvalue weighted by molar-refractivity contribution is -0.141. The zero-order chi connectivity index (χ0) is 12.8. The number of carbonyl (C=O) groups is 1. The van der Waals surface area contributed by atoms with Crippen LogP contribution in [-0.2, 0) is 9.53 Å². The molecule has 0 saturated carbocycles. The van der Waals surface area contributed by atoms with Crippen molar-refractivity contribution in [2.45, 2.75) is 58.3 Å². The average Bonchev–Trinajstić information content (AvgIpc) is 2.30. The second kappa shape index (κ2) is 13.0. The van der Waals surface area contributed by atoms with E-state index >= 15 is 0 Å². The molecule has 0 aromatic carbocycles. The molecule has 0 rings (SSSR count). The Morgan fingerprint density at radius 3 is 2.18 bits per heavy atom. The van der Waals surface area contributed by atoms with Gasteiger partial charge in [0.1, 0.15) is 0 Å². The Balaban J connectivity index is 3.09. The number of hydrogen-bond acceptors (Lipinski definition) is 2. The van der Waals surface area contributed by atoms with E-state index in [0.717, 1.165) is 19.3 Å². The van der Waals surface area contributed by atoms with E-state index in [9.17, 15) is 4.79 Å². The molecule has 2 heteroatoms. The molecule has 0 aliphatic heterocycles. The first-order valence-corrected chi connectivity index (χ1v) is 6.66. The van der Waals surface area contributed by atoms with Gasteiger partial charge in [0.2, 0.25) is 0 Å². The molecule has 2 nitrogen and oxygen atoms in total. The maximum Gasteiger partial charge on any atom is 0.302 e. The summed E-state index contributed by atoms with van der Waals surface area (Å²) in [5.74, 6) is -0.187. The molecule has 0 aliphatic carbocycles. The fourth-order valence-electron chi connectivity index (χ4n) is 1.56. The lowest BCUT2D eigenvalue weighted by Crippen LogP contribution is -1.99. The highest BCUT2D eigenvalue weighted by Crippen LogP contribution is 2.06. The molecular formula is C15H26O2. The first-order chi connectivity index (χ1) is 8.27. The van der Waals surface area contributed by atoms with Gasteiger partial charge in [0.05, 0.1) is 6.61 Å². The van der Waals surface area contributed by atoms with Gasteiger partial charge < -0.3 is 4.74 Å². The van der Waals surface area contributed by atoms with Crippen LogP contribution >= 0.6 is 0 Å². The Kier molecular flexibility index (Phi) is 12.2. The molecule has 0 saturated heterocycles. The summed E-state index contributed by atoms with van der Waals surface area (Å²) < 4.78 is 4.84. The van der Waals surface area contributed by atoms with Crippen LogP contribution in [0, 0.1) is 0 Å². The summed E-state index contributed by atoms with van der Waals surface area (Å²) in [5, 5.41) is 0. The van der Waals surface area contributed by atoms with Crippen molar-refractivity contribution in [3.8, 4) is 0 Å². The third-order valence-electron chi connectivity index (χ3n) is 2.52. The Hall–Kier alpha value is -1.05. The zero-order valence-electron chi connectivity index (χ0n) is 11.1. The molecule has 0 atom stereocenters. The van der Waals surface area contributed by atoms with Crippen LogP contribution in [0.2, 0.25) is 0 Å². The quantitative estimate of drug-likeness (QED) is 0.303. The zero-order valence-corrected chi connectivity index (χ0v) is 11.1. The molecule has 98 valence electrons. The number of esters is 1. The van der Waals surface area contributed by atoms with Gasteiger partial charge in [-0.15, -0.1) is 6.58 Å². The lowest BCUT2D eigenvalue weighted by Gasteiger charge is -1.98. The van der Waals surface area contributed by atoms with Gasteiger partial charge in [-0.1, -0.05) is 31.1 Å². The number of rotatable bonds is 11. The molecule has 0 fully saturated rings. The first kappa shape index (κ1) is 16.0. The summed E-state index contributed by atoms with van der Waals surface area (Å²) in [5.41, 5.74) is 0. The fourth-order valence-corrected chi connectivity index (χ4v) is 1.56. The van der Waals surface area contributed by atoms with Crippen molar-refractivity contribution in [3.05, 3.63) is 24.8 Å². The summed E-state index contributed by atoms with van der Waals surface area (Å²) in [6.45, 7) is 5.70. The second-order valence-electron chi connectivity index (χ2n) is 4.23. The van der Waals surface area contributed by atoms with Crippen molar-refractivity contribution in [2.75, 3.05) is 6.61 Å². The van der Waals surface area contributed by atoms with E-state index in [0.29, 0.717) is 6.61 Å². The van der Waals surface area contributed by atoms with Gasteiger partial charge in [-0.25, -0.2) is 0 Å². The number of carbonyl (C=O) groups excluding carboxylic acids is 1. The third-order valence-corrected chi connectivity index (χ3v) is 2.52. The van der Waals surface area contributed by atoms with E-state index in [2.05, 4.69) is 18.7 Å². The molecule has 0 unspecified atom stereocenters. The van der Waals surface area contributed by atoms with E-state index in [-0.39, 0.29) is 5.97 Å². The van der Waals surface area contributed by atoms with Crippen molar-refractivity contribution in [1.29, 1.82) is 0 Å². The maximum absolute atomic E-state index is 10.5. The van der Waals surface area contributed by atoms with Gasteiger partial charge in [0, 0.05) is 6.92 Å². The van der Waals surface area contributed by atoms with Crippen molar-refractivity contribution in [2.24, 2.45) is 0 Å². The number of ether oxygens (including phenoxy) is 1. The van der Waals surface area contributed by atoms with Crippen LogP contribution in [0.15, 0.2) is 24.8 Å². The van der Waals surface area contributed by atoms with Crippen molar-refractivity contribution in [1.82, 2.24) is 0 Å². The minimum Gasteiger partial charge on any atom is -0.466 e. The lowest BCUT2D eigenvalue weighted by atomic mass is 10.1. The van der Waals surface area contributed by atoms with Crippen LogP contribution in [0.1, 0.15) is 58.3 Å². The number of hydrogen-bond donors (Lipinski definition) is 0. The Morgan fingerprint density at radius 2 is 1.59 bits per heavy atom. The minimum absolute atomic E-state index is 0.187. The summed E-state index contributed by atoms with van der Waals surface area (Å²) in [6.07, 6.45) is 15.8. The fraction of sp³-hybridized carbons (Fsp3) is 0.667. The van der Waals surface area contributed by atoms with E-state index in [4.69, 9.17) is 4.74 Å². The molecule has 0 heterocycles. The van der Waals surface area contributed by atoms with Gasteiger partial charge in [0.25, 0.3) is 0 Å². The van der Waals surface area contributed by atoms with Gasteiger partial charge in [-0.3, -0.25) is 4.79 Å². The first-order valence-electron chi connectivity index (χ1n) is 6.66. The second-order valence-corrected chi connectivity index (χ2v) is 4.23. The van der Waals surface area contributed by atoms with E-state index in [1.807, 2.05) is 6.08 Å². The van der Waals surface area contributed by atoms with Crippen molar-refractivity contribution in [3.63, 3.8) is 0 Å². The smallest absolute Gasteiger partial charge is 0.302 e. The van der Waals surface area contributed by atoms with Crippen LogP contribution in [0.5, 0.6) is 0 Å². The molecule has 0 amide bonds. The molecular weight excluding hydrogens is 212 g/mol. The predicted molar refractivity (Wildman–Crippen MR) is 72.9 cm³/mol. The summed E-state index contributed by atoms with van der Waals surface area (Å²) >= 11 is 0. The van der Waals surface area contributed by atoms with Gasteiger partial charge >= 0.3 is 5.97 Å². The topological polar surface area (TPSA) is 26.3 Å². The Bertz CT molecular complexity index is 219. The van der Waals surface area contributed by atoms with Gasteiger partial charge in [-0.2, -0.15) is 0 Å².